The molecular weight excluding hydrogens is 316 g/mol. The van der Waals surface area contributed by atoms with E-state index in [1.54, 1.807) is 12.1 Å². The molecule has 24 heavy (non-hydrogen) atoms. The van der Waals surface area contributed by atoms with Gasteiger partial charge < -0.3 is 0 Å². The number of aromatic nitrogens is 4. The molecule has 2 N–H and O–H groups in total. The Kier molecular flexibility index (Phi) is 2.79. The van der Waals surface area contributed by atoms with Gasteiger partial charge in [0.2, 0.25) is 0 Å². The predicted octanol–water partition coefficient (Wildman–Crippen LogP) is 2.92. The van der Waals surface area contributed by atoms with Gasteiger partial charge >= 0.3 is 0 Å². The lowest BCUT2D eigenvalue weighted by Gasteiger charge is -1.95. The zero-order chi connectivity index (χ0) is 16.8. The first-order valence-corrected chi connectivity index (χ1v) is 6.80. The minimum Gasteiger partial charge on any atom is -0.277 e. The van der Waals surface area contributed by atoms with Crippen LogP contribution in [0, 0.1) is 20.2 Å². The van der Waals surface area contributed by atoms with Gasteiger partial charge in [-0.2, -0.15) is 10.2 Å². The maximum Gasteiger partial charge on any atom is 0.271 e. The van der Waals surface area contributed by atoms with Crippen molar-refractivity contribution < 1.29 is 9.85 Å². The summed E-state index contributed by atoms with van der Waals surface area (Å²) in [5.74, 6) is 0. The summed E-state index contributed by atoms with van der Waals surface area (Å²) in [6.45, 7) is 0. The largest absolute Gasteiger partial charge is 0.277 e. The van der Waals surface area contributed by atoms with E-state index in [2.05, 4.69) is 20.4 Å². The number of nitrogens with one attached hydrogen (secondary N) is 2. The van der Waals surface area contributed by atoms with Crippen LogP contribution in [0.1, 0.15) is 0 Å². The summed E-state index contributed by atoms with van der Waals surface area (Å²) >= 11 is 0. The van der Waals surface area contributed by atoms with Crippen LogP contribution in [0.3, 0.4) is 0 Å². The number of fused-ring (bicyclic) bond motifs is 2. The molecule has 0 saturated carbocycles. The van der Waals surface area contributed by atoms with E-state index in [4.69, 9.17) is 0 Å². The third-order valence-corrected chi connectivity index (χ3v) is 3.74. The first kappa shape index (κ1) is 13.8. The highest BCUT2D eigenvalue weighted by atomic mass is 16.6. The van der Waals surface area contributed by atoms with Gasteiger partial charge in [0.05, 0.1) is 20.9 Å². The molecule has 0 fully saturated rings. The van der Waals surface area contributed by atoms with E-state index in [-0.39, 0.29) is 11.4 Å². The van der Waals surface area contributed by atoms with Gasteiger partial charge in [0, 0.05) is 35.0 Å². The highest BCUT2D eigenvalue weighted by Crippen LogP contribution is 2.32. The second-order valence-corrected chi connectivity index (χ2v) is 5.12. The maximum absolute atomic E-state index is 10.8. The molecule has 0 unspecified atom stereocenters. The number of aromatic amines is 2. The predicted molar refractivity (Wildman–Crippen MR) is 84.5 cm³/mol. The van der Waals surface area contributed by atoms with E-state index >= 15 is 0 Å². The van der Waals surface area contributed by atoms with Gasteiger partial charge in [-0.15, -0.1) is 0 Å². The molecule has 0 aliphatic carbocycles. The third-order valence-electron chi connectivity index (χ3n) is 3.74. The fourth-order valence-corrected chi connectivity index (χ4v) is 2.60. The van der Waals surface area contributed by atoms with Crippen LogP contribution < -0.4 is 0 Å². The standard InChI is InChI=1S/C14H8N6O4/c21-19(22)7-1-3-9-11(5-7)15-17-13(9)14-10-4-2-8(20(23)24)6-12(10)16-18-14/h1-6H,(H,15,17)(H,16,18). The third kappa shape index (κ3) is 1.97. The minimum absolute atomic E-state index is 0.0415. The average molecular weight is 324 g/mol. The normalized spacial score (nSPS) is 11.2. The first-order valence-electron chi connectivity index (χ1n) is 6.80. The van der Waals surface area contributed by atoms with Crippen LogP contribution in [0.4, 0.5) is 11.4 Å². The molecule has 0 spiro atoms. The van der Waals surface area contributed by atoms with Gasteiger partial charge in [0.1, 0.15) is 11.4 Å². The molecule has 0 bridgehead atoms. The van der Waals surface area contributed by atoms with Crippen molar-refractivity contribution >= 4 is 33.2 Å². The van der Waals surface area contributed by atoms with Crippen molar-refractivity contribution in [2.24, 2.45) is 0 Å². The Balaban J connectivity index is 1.90. The monoisotopic (exact) mass is 324 g/mol. The topological polar surface area (TPSA) is 144 Å². The van der Waals surface area contributed by atoms with Crippen molar-refractivity contribution in [2.75, 3.05) is 0 Å². The summed E-state index contributed by atoms with van der Waals surface area (Å²) in [7, 11) is 0. The smallest absolute Gasteiger partial charge is 0.271 e. The van der Waals surface area contributed by atoms with E-state index in [0.717, 1.165) is 0 Å². The van der Waals surface area contributed by atoms with E-state index in [1.807, 2.05) is 0 Å². The number of H-pyrrole nitrogens is 2. The van der Waals surface area contributed by atoms with Crippen molar-refractivity contribution in [3.05, 3.63) is 56.6 Å². The molecule has 4 aromatic rings. The van der Waals surface area contributed by atoms with Gasteiger partial charge in [-0.3, -0.25) is 30.4 Å². The Morgan fingerprint density at radius 2 is 1.17 bits per heavy atom. The van der Waals surface area contributed by atoms with Crippen LogP contribution in [0.2, 0.25) is 0 Å². The molecule has 10 nitrogen and oxygen atoms in total. The number of hydrogen-bond acceptors (Lipinski definition) is 6. The molecule has 0 amide bonds. The molecule has 0 radical (unpaired) electrons. The number of rotatable bonds is 3. The quantitative estimate of drug-likeness (QED) is 0.438. The lowest BCUT2D eigenvalue weighted by molar-refractivity contribution is -0.384. The molecular formula is C14H8N6O4. The molecule has 118 valence electrons. The SMILES string of the molecule is O=[N+]([O-])c1ccc2c(-c3n[nH]c4cc([N+](=O)[O-])ccc34)n[nH]c2c1. The van der Waals surface area contributed by atoms with E-state index in [1.165, 1.54) is 24.3 Å². The fraction of sp³-hybridized carbons (Fsp3) is 0. The lowest BCUT2D eigenvalue weighted by Crippen LogP contribution is -1.87. The van der Waals surface area contributed by atoms with Crippen LogP contribution in [0.25, 0.3) is 33.2 Å². The Hall–Kier alpha value is -3.82. The summed E-state index contributed by atoms with van der Waals surface area (Å²) in [5.41, 5.74) is 1.97. The minimum atomic E-state index is -0.483. The van der Waals surface area contributed by atoms with Gasteiger partial charge in [0.15, 0.2) is 0 Å². The summed E-state index contributed by atoms with van der Waals surface area (Å²) in [6, 6.07) is 8.76. The van der Waals surface area contributed by atoms with Crippen molar-refractivity contribution in [1.82, 2.24) is 20.4 Å². The Labute approximate surface area is 132 Å². The summed E-state index contributed by atoms with van der Waals surface area (Å²) in [4.78, 5) is 20.7. The van der Waals surface area contributed by atoms with Crippen LogP contribution in [0.5, 0.6) is 0 Å². The molecule has 0 saturated heterocycles. The highest BCUT2D eigenvalue weighted by molar-refractivity contribution is 6.01. The highest BCUT2D eigenvalue weighted by Gasteiger charge is 2.18. The zero-order valence-electron chi connectivity index (χ0n) is 11.9. The number of nitro benzene ring substituents is 2. The summed E-state index contributed by atoms with van der Waals surface area (Å²) in [5, 5.41) is 36.9. The van der Waals surface area contributed by atoms with E-state index < -0.39 is 9.85 Å². The molecule has 4 rings (SSSR count). The Morgan fingerprint density at radius 3 is 1.54 bits per heavy atom. The van der Waals surface area contributed by atoms with Crippen molar-refractivity contribution in [3.8, 4) is 11.4 Å². The van der Waals surface area contributed by atoms with Crippen LogP contribution in [0.15, 0.2) is 36.4 Å². The summed E-state index contributed by atoms with van der Waals surface area (Å²) in [6.07, 6.45) is 0. The lowest BCUT2D eigenvalue weighted by atomic mass is 10.1. The number of hydrogen-bond donors (Lipinski definition) is 2. The number of nitro groups is 2. The maximum atomic E-state index is 10.8. The van der Waals surface area contributed by atoms with Crippen molar-refractivity contribution in [3.63, 3.8) is 0 Å². The number of non-ortho nitro benzene ring substituents is 2. The van der Waals surface area contributed by atoms with Crippen LogP contribution in [-0.2, 0) is 0 Å². The second-order valence-electron chi connectivity index (χ2n) is 5.12. The van der Waals surface area contributed by atoms with Gasteiger partial charge in [-0.1, -0.05) is 0 Å². The molecule has 2 heterocycles. The van der Waals surface area contributed by atoms with E-state index in [0.29, 0.717) is 33.2 Å². The Morgan fingerprint density at radius 1 is 0.750 bits per heavy atom. The van der Waals surface area contributed by atoms with Crippen LogP contribution >= 0.6 is 0 Å². The van der Waals surface area contributed by atoms with Crippen molar-refractivity contribution in [1.29, 1.82) is 0 Å². The van der Waals surface area contributed by atoms with Gasteiger partial charge in [-0.25, -0.2) is 0 Å². The molecule has 0 atom stereocenters. The Bertz CT molecular complexity index is 1040. The average Bonchev–Trinajstić information content (AvgIpc) is 3.16. The second kappa shape index (κ2) is 4.84. The first-order chi connectivity index (χ1) is 11.5. The van der Waals surface area contributed by atoms with E-state index in [9.17, 15) is 20.2 Å². The van der Waals surface area contributed by atoms with Gasteiger partial charge in [0.25, 0.3) is 11.4 Å². The zero-order valence-corrected chi connectivity index (χ0v) is 11.9. The van der Waals surface area contributed by atoms with Gasteiger partial charge in [-0.05, 0) is 12.1 Å². The molecule has 10 heteroatoms. The number of benzene rings is 2. The van der Waals surface area contributed by atoms with Crippen molar-refractivity contribution in [2.45, 2.75) is 0 Å². The van der Waals surface area contributed by atoms with Crippen LogP contribution in [-0.4, -0.2) is 30.2 Å². The number of nitrogens with zero attached hydrogens (tertiary/aromatic N) is 4. The molecule has 0 aliphatic rings. The summed E-state index contributed by atoms with van der Waals surface area (Å²) < 4.78 is 0. The molecule has 0 aliphatic heterocycles. The fourth-order valence-electron chi connectivity index (χ4n) is 2.60. The molecule has 2 aromatic heterocycles. The molecule has 2 aromatic carbocycles.